The van der Waals surface area contributed by atoms with Crippen LogP contribution in [0.1, 0.15) is 72.6 Å². The van der Waals surface area contributed by atoms with Crippen molar-refractivity contribution in [3.8, 4) is 0 Å². The number of unbranched alkanes of at least 4 members (excludes halogenated alkanes) is 2. The second-order valence-electron chi connectivity index (χ2n) is 8.33. The number of carbonyl (C=O) groups is 3. The van der Waals surface area contributed by atoms with E-state index in [1.807, 2.05) is 0 Å². The summed E-state index contributed by atoms with van der Waals surface area (Å²) in [6.45, 7) is 8.68. The van der Waals surface area contributed by atoms with Crippen LogP contribution in [0.4, 0.5) is 0 Å². The first kappa shape index (κ1) is 28.1. The molecule has 0 aromatic carbocycles. The molecule has 0 bridgehead atoms. The maximum absolute atomic E-state index is 11.8. The molecular weight excluding hydrogens is 386 g/mol. The van der Waals surface area contributed by atoms with Gasteiger partial charge >= 0.3 is 11.9 Å². The quantitative estimate of drug-likeness (QED) is 0.197. The number of nitrogens with zero attached hydrogens (tertiary/aromatic N) is 1. The largest absolute Gasteiger partial charge is 0.550 e. The third-order valence-corrected chi connectivity index (χ3v) is 5.96. The second kappa shape index (κ2) is 15.0. The highest BCUT2D eigenvalue weighted by Crippen LogP contribution is 2.24. The van der Waals surface area contributed by atoms with Crippen molar-refractivity contribution in [2.75, 3.05) is 26.2 Å². The molecule has 0 aromatic heterocycles. The number of allylic oxidation sites excluding steroid dienone is 2. The van der Waals surface area contributed by atoms with Crippen molar-refractivity contribution in [1.82, 2.24) is 0 Å². The van der Waals surface area contributed by atoms with Crippen LogP contribution in [0.2, 0.25) is 0 Å². The van der Waals surface area contributed by atoms with Crippen LogP contribution < -0.4 is 5.11 Å². The molecule has 0 heterocycles. The first-order valence-corrected chi connectivity index (χ1v) is 11.3. The summed E-state index contributed by atoms with van der Waals surface area (Å²) in [5.74, 6) is -5.04. The van der Waals surface area contributed by atoms with Crippen LogP contribution in [0.25, 0.3) is 0 Å². The van der Waals surface area contributed by atoms with E-state index in [0.717, 1.165) is 25.7 Å². The van der Waals surface area contributed by atoms with Crippen molar-refractivity contribution in [2.24, 2.45) is 17.8 Å². The van der Waals surface area contributed by atoms with Crippen LogP contribution in [-0.2, 0) is 14.4 Å². The van der Waals surface area contributed by atoms with E-state index in [0.29, 0.717) is 25.8 Å². The van der Waals surface area contributed by atoms with Crippen LogP contribution in [-0.4, -0.2) is 58.8 Å². The maximum Gasteiger partial charge on any atom is 0.312 e. The Morgan fingerprint density at radius 1 is 0.800 bits per heavy atom. The van der Waals surface area contributed by atoms with Crippen molar-refractivity contribution in [3.05, 3.63) is 12.2 Å². The van der Waals surface area contributed by atoms with E-state index >= 15 is 0 Å². The fourth-order valence-electron chi connectivity index (χ4n) is 3.98. The molecular formula is C23H41NO6. The Hall–Kier alpha value is -1.89. The molecule has 0 radical (unpaired) electrons. The van der Waals surface area contributed by atoms with Gasteiger partial charge in [-0.15, -0.1) is 0 Å². The molecule has 0 saturated heterocycles. The monoisotopic (exact) mass is 427 g/mol. The third kappa shape index (κ3) is 10.2. The highest BCUT2D eigenvalue weighted by Gasteiger charge is 2.39. The molecule has 0 amide bonds. The number of hydrogen-bond acceptors (Lipinski definition) is 4. The molecule has 3 atom stereocenters. The van der Waals surface area contributed by atoms with Crippen molar-refractivity contribution >= 4 is 17.9 Å². The zero-order valence-electron chi connectivity index (χ0n) is 19.1. The first-order valence-electron chi connectivity index (χ1n) is 11.3. The van der Waals surface area contributed by atoms with Gasteiger partial charge in [0.1, 0.15) is 11.8 Å². The number of quaternary nitrogens is 1. The second-order valence-corrected chi connectivity index (χ2v) is 8.33. The number of rotatable bonds is 18. The molecule has 2 N–H and O–H groups in total. The number of hydrogen-bond donors (Lipinski definition) is 2. The lowest BCUT2D eigenvalue weighted by Gasteiger charge is -2.44. The molecule has 30 heavy (non-hydrogen) atoms. The molecule has 3 unspecified atom stereocenters. The SMILES string of the molecule is CCC/C=C/CCC[N+](CC(CC)C(=O)[O-])(CC(CC)C(=O)O)CC(CC)C(=O)O. The van der Waals surface area contributed by atoms with Crippen molar-refractivity contribution in [1.29, 1.82) is 0 Å². The minimum Gasteiger partial charge on any atom is -0.550 e. The van der Waals surface area contributed by atoms with Crippen LogP contribution in [0.15, 0.2) is 12.2 Å². The average Bonchev–Trinajstić information content (AvgIpc) is 2.70. The molecule has 0 aliphatic carbocycles. The predicted octanol–water partition coefficient (Wildman–Crippen LogP) is 2.94. The summed E-state index contributed by atoms with van der Waals surface area (Å²) in [5, 5.41) is 31.0. The Morgan fingerprint density at radius 3 is 1.60 bits per heavy atom. The Balaban J connectivity index is 5.90. The zero-order chi connectivity index (χ0) is 23.2. The van der Waals surface area contributed by atoms with Crippen LogP contribution in [0.5, 0.6) is 0 Å². The minimum atomic E-state index is -1.16. The molecule has 0 aromatic rings. The van der Waals surface area contributed by atoms with Gasteiger partial charge in [0.15, 0.2) is 0 Å². The van der Waals surface area contributed by atoms with E-state index in [2.05, 4.69) is 19.1 Å². The van der Waals surface area contributed by atoms with E-state index < -0.39 is 35.7 Å². The van der Waals surface area contributed by atoms with Gasteiger partial charge in [0.25, 0.3) is 0 Å². The molecule has 0 aliphatic heterocycles. The average molecular weight is 428 g/mol. The van der Waals surface area contributed by atoms with Gasteiger partial charge in [-0.25, -0.2) is 0 Å². The predicted molar refractivity (Wildman–Crippen MR) is 115 cm³/mol. The Labute approximate surface area is 181 Å². The molecule has 7 nitrogen and oxygen atoms in total. The van der Waals surface area contributed by atoms with Gasteiger partial charge in [-0.2, -0.15) is 0 Å². The highest BCUT2D eigenvalue weighted by molar-refractivity contribution is 5.70. The lowest BCUT2D eigenvalue weighted by atomic mass is 9.95. The smallest absolute Gasteiger partial charge is 0.312 e. The number of carboxylic acids is 3. The summed E-state index contributed by atoms with van der Waals surface area (Å²) < 4.78 is 0.184. The number of carboxylic acid groups (broad SMARTS) is 3. The summed E-state index contributed by atoms with van der Waals surface area (Å²) >= 11 is 0. The van der Waals surface area contributed by atoms with E-state index in [1.165, 1.54) is 0 Å². The normalized spacial score (nSPS) is 16.7. The van der Waals surface area contributed by atoms with Gasteiger partial charge in [0.2, 0.25) is 0 Å². The summed E-state index contributed by atoms with van der Waals surface area (Å²) in [4.78, 5) is 35.2. The van der Waals surface area contributed by atoms with Gasteiger partial charge < -0.3 is 24.6 Å². The fraction of sp³-hybridized carbons (Fsp3) is 0.783. The van der Waals surface area contributed by atoms with E-state index in [-0.39, 0.29) is 24.1 Å². The standard InChI is InChI=1S/C23H41NO6/c1-5-9-10-11-12-13-14-24(15-18(6-2)21(25)26,16-19(7-3)22(27)28)17-20(8-4)23(29)30/h10-11,18-20H,5-9,12-17H2,1-4H3,(H2-,25,26,27,28,29,30)/b11-10+. The maximum atomic E-state index is 11.8. The number of carbonyl (C=O) groups excluding carboxylic acids is 1. The van der Waals surface area contributed by atoms with Gasteiger partial charge in [-0.05, 0) is 32.1 Å². The van der Waals surface area contributed by atoms with Gasteiger partial charge in [-0.1, -0.05) is 46.3 Å². The summed E-state index contributed by atoms with van der Waals surface area (Å²) in [7, 11) is 0. The molecule has 174 valence electrons. The van der Waals surface area contributed by atoms with Crippen molar-refractivity contribution in [3.63, 3.8) is 0 Å². The zero-order valence-corrected chi connectivity index (χ0v) is 19.1. The lowest BCUT2D eigenvalue weighted by Crippen LogP contribution is -2.59. The Bertz CT molecular complexity index is 500. The van der Waals surface area contributed by atoms with Gasteiger partial charge in [0.05, 0.1) is 32.1 Å². The number of aliphatic carboxylic acids is 3. The molecule has 7 heteroatoms. The Morgan fingerprint density at radius 2 is 1.23 bits per heavy atom. The first-order chi connectivity index (χ1) is 14.2. The van der Waals surface area contributed by atoms with E-state index in [1.54, 1.807) is 20.8 Å². The summed E-state index contributed by atoms with van der Waals surface area (Å²) in [6, 6.07) is 0. The lowest BCUT2D eigenvalue weighted by molar-refractivity contribution is -0.935. The molecule has 0 aliphatic rings. The van der Waals surface area contributed by atoms with E-state index in [4.69, 9.17) is 0 Å². The topological polar surface area (TPSA) is 115 Å². The molecule has 0 spiro atoms. The minimum absolute atomic E-state index is 0.184. The highest BCUT2D eigenvalue weighted by atomic mass is 16.4. The fourth-order valence-corrected chi connectivity index (χ4v) is 3.98. The van der Waals surface area contributed by atoms with Crippen molar-refractivity contribution in [2.45, 2.75) is 72.6 Å². The molecule has 0 rings (SSSR count). The molecule has 0 saturated carbocycles. The van der Waals surface area contributed by atoms with Crippen LogP contribution in [0, 0.1) is 17.8 Å². The summed E-state index contributed by atoms with van der Waals surface area (Å²) in [5.41, 5.74) is 0. The third-order valence-electron chi connectivity index (χ3n) is 5.96. The van der Waals surface area contributed by atoms with Gasteiger partial charge in [-0.3, -0.25) is 9.59 Å². The Kier molecular flexibility index (Phi) is 14.0. The van der Waals surface area contributed by atoms with Crippen LogP contribution in [0.3, 0.4) is 0 Å². The van der Waals surface area contributed by atoms with Crippen LogP contribution >= 0.6 is 0 Å². The summed E-state index contributed by atoms with van der Waals surface area (Å²) in [6.07, 6.45) is 9.01. The van der Waals surface area contributed by atoms with Crippen molar-refractivity contribution < 1.29 is 34.2 Å². The van der Waals surface area contributed by atoms with Gasteiger partial charge in [0, 0.05) is 12.3 Å². The molecule has 0 fully saturated rings. The van der Waals surface area contributed by atoms with E-state index in [9.17, 15) is 29.7 Å².